The molecule has 0 bridgehead atoms. The van der Waals surface area contributed by atoms with Crippen molar-refractivity contribution >= 4 is 17.6 Å². The fourth-order valence-electron chi connectivity index (χ4n) is 4.37. The summed E-state index contributed by atoms with van der Waals surface area (Å²) in [6.45, 7) is 4.51. The first-order valence-electron chi connectivity index (χ1n) is 11.3. The first-order valence-corrected chi connectivity index (χ1v) is 11.3. The van der Waals surface area contributed by atoms with Crippen LogP contribution in [-0.2, 0) is 4.79 Å². The Bertz CT molecular complexity index is 1050. The fraction of sp³-hybridized carbons (Fsp3) is 0.423. The van der Waals surface area contributed by atoms with Crippen LogP contribution in [0.1, 0.15) is 65.7 Å². The largest absolute Gasteiger partial charge is 0.496 e. The highest BCUT2D eigenvalue weighted by Gasteiger charge is 2.26. The van der Waals surface area contributed by atoms with Gasteiger partial charge < -0.3 is 20.5 Å². The Morgan fingerprint density at radius 3 is 2.52 bits per heavy atom. The van der Waals surface area contributed by atoms with Crippen molar-refractivity contribution in [2.45, 2.75) is 45.6 Å². The summed E-state index contributed by atoms with van der Waals surface area (Å²) in [6, 6.07) is 12.9. The van der Waals surface area contributed by atoms with Crippen molar-refractivity contribution in [3.05, 3.63) is 58.7 Å². The summed E-state index contributed by atoms with van der Waals surface area (Å²) in [6.07, 6.45) is 3.01. The fourth-order valence-corrected chi connectivity index (χ4v) is 4.37. The summed E-state index contributed by atoms with van der Waals surface area (Å²) < 4.78 is 5.45. The molecule has 2 aromatic rings. The summed E-state index contributed by atoms with van der Waals surface area (Å²) in [4.78, 5) is 23.7. The SMILES string of the molecule is COc1ccc(C#N)cc1[C@H](C)Nc1ccc(C(=O)NCC2CCC(C(=O)O)CC2)cc1C. The number of benzene rings is 2. The number of carboxylic acid groups (broad SMARTS) is 1. The van der Waals surface area contributed by atoms with Crippen LogP contribution in [0.4, 0.5) is 5.69 Å². The van der Waals surface area contributed by atoms with Gasteiger partial charge >= 0.3 is 5.97 Å². The molecule has 3 N–H and O–H groups in total. The first kappa shape index (κ1) is 24.1. The van der Waals surface area contributed by atoms with Gasteiger partial charge in [-0.2, -0.15) is 5.26 Å². The molecule has 33 heavy (non-hydrogen) atoms. The number of ether oxygens (including phenoxy) is 1. The predicted octanol–water partition coefficient (Wildman–Crippen LogP) is 4.67. The summed E-state index contributed by atoms with van der Waals surface area (Å²) in [7, 11) is 1.61. The van der Waals surface area contributed by atoms with Gasteiger partial charge in [-0.1, -0.05) is 0 Å². The number of methoxy groups -OCH3 is 1. The number of nitrogens with one attached hydrogen (secondary N) is 2. The lowest BCUT2D eigenvalue weighted by Gasteiger charge is -2.26. The van der Waals surface area contributed by atoms with Crippen molar-refractivity contribution in [3.8, 4) is 11.8 Å². The lowest BCUT2D eigenvalue weighted by molar-refractivity contribution is -0.143. The van der Waals surface area contributed by atoms with Gasteiger partial charge in [0.1, 0.15) is 5.75 Å². The van der Waals surface area contributed by atoms with Gasteiger partial charge in [0.2, 0.25) is 0 Å². The van der Waals surface area contributed by atoms with Gasteiger partial charge in [0, 0.05) is 23.4 Å². The zero-order chi connectivity index (χ0) is 24.0. The van der Waals surface area contributed by atoms with E-state index in [1.807, 2.05) is 32.0 Å². The third-order valence-electron chi connectivity index (χ3n) is 6.43. The van der Waals surface area contributed by atoms with Crippen LogP contribution in [-0.4, -0.2) is 30.6 Å². The average molecular weight is 450 g/mol. The van der Waals surface area contributed by atoms with Crippen LogP contribution in [0.3, 0.4) is 0 Å². The van der Waals surface area contributed by atoms with E-state index in [1.54, 1.807) is 25.3 Å². The quantitative estimate of drug-likeness (QED) is 0.540. The molecule has 7 nitrogen and oxygen atoms in total. The van der Waals surface area contributed by atoms with E-state index in [9.17, 15) is 14.9 Å². The molecule has 0 aromatic heterocycles. The minimum atomic E-state index is -0.716. The summed E-state index contributed by atoms with van der Waals surface area (Å²) >= 11 is 0. The molecule has 0 unspecified atom stereocenters. The van der Waals surface area contributed by atoms with Crippen molar-refractivity contribution in [3.63, 3.8) is 0 Å². The molecular formula is C26H31N3O4. The van der Waals surface area contributed by atoms with Gasteiger partial charge in [0.25, 0.3) is 5.91 Å². The highest BCUT2D eigenvalue weighted by atomic mass is 16.5. The number of rotatable bonds is 8. The third-order valence-corrected chi connectivity index (χ3v) is 6.43. The number of amides is 1. The number of aliphatic carboxylic acids is 1. The summed E-state index contributed by atoms with van der Waals surface area (Å²) in [5.74, 6) is -0.0513. The number of hydrogen-bond donors (Lipinski definition) is 3. The highest BCUT2D eigenvalue weighted by Crippen LogP contribution is 2.31. The molecule has 174 valence electrons. The molecule has 3 rings (SSSR count). The van der Waals surface area contributed by atoms with Crippen molar-refractivity contribution in [2.75, 3.05) is 19.0 Å². The van der Waals surface area contributed by atoms with Gasteiger partial charge in [-0.3, -0.25) is 9.59 Å². The Morgan fingerprint density at radius 1 is 1.18 bits per heavy atom. The molecule has 1 saturated carbocycles. The Kier molecular flexibility index (Phi) is 7.94. The van der Waals surface area contributed by atoms with Gasteiger partial charge in [-0.15, -0.1) is 0 Å². The molecule has 1 aliphatic rings. The monoisotopic (exact) mass is 449 g/mol. The molecule has 2 aromatic carbocycles. The molecule has 1 fully saturated rings. The van der Waals surface area contributed by atoms with Gasteiger partial charge in [0.15, 0.2) is 0 Å². The van der Waals surface area contributed by atoms with Crippen molar-refractivity contribution in [1.29, 1.82) is 5.26 Å². The van der Waals surface area contributed by atoms with Crippen molar-refractivity contribution in [1.82, 2.24) is 5.32 Å². The van der Waals surface area contributed by atoms with Crippen LogP contribution in [0.5, 0.6) is 5.75 Å². The standard InChI is InChI=1S/C26H31N3O4/c1-16-12-21(25(30)28-15-18-4-7-20(8-5-18)26(31)32)9-10-23(16)29-17(2)22-13-19(14-27)6-11-24(22)33-3/h6,9-13,17-18,20,29H,4-5,7-8,15H2,1-3H3,(H,28,30)(H,31,32)/t17-,18?,20?/m0/s1. The molecule has 1 aliphatic carbocycles. The van der Waals surface area contributed by atoms with Crippen molar-refractivity contribution in [2.24, 2.45) is 11.8 Å². The second-order valence-corrected chi connectivity index (χ2v) is 8.73. The van der Waals surface area contributed by atoms with Gasteiger partial charge in [-0.05, 0) is 87.4 Å². The lowest BCUT2D eigenvalue weighted by Crippen LogP contribution is -2.32. The average Bonchev–Trinajstić information content (AvgIpc) is 2.83. The molecule has 1 atom stereocenters. The van der Waals surface area contributed by atoms with Crippen LogP contribution < -0.4 is 15.4 Å². The number of anilines is 1. The number of nitrogens with zero attached hydrogens (tertiary/aromatic N) is 1. The first-order chi connectivity index (χ1) is 15.8. The summed E-state index contributed by atoms with van der Waals surface area (Å²) in [5.41, 5.74) is 3.88. The molecular weight excluding hydrogens is 418 g/mol. The van der Waals surface area contributed by atoms with E-state index >= 15 is 0 Å². The number of hydrogen-bond acceptors (Lipinski definition) is 5. The second kappa shape index (κ2) is 10.9. The maximum Gasteiger partial charge on any atom is 0.306 e. The molecule has 0 spiro atoms. The number of carbonyl (C=O) groups is 2. The lowest BCUT2D eigenvalue weighted by atomic mass is 9.82. The van der Waals surface area contributed by atoms with Crippen molar-refractivity contribution < 1.29 is 19.4 Å². The van der Waals surface area contributed by atoms with E-state index in [0.29, 0.717) is 42.2 Å². The smallest absolute Gasteiger partial charge is 0.306 e. The van der Waals surface area contributed by atoms with Gasteiger partial charge in [-0.25, -0.2) is 0 Å². The number of carbonyl (C=O) groups excluding carboxylic acids is 1. The number of nitriles is 1. The zero-order valence-electron chi connectivity index (χ0n) is 19.4. The minimum absolute atomic E-state index is 0.104. The van der Waals surface area contributed by atoms with Crippen LogP contribution in [0.15, 0.2) is 36.4 Å². The Hall–Kier alpha value is -3.53. The van der Waals surface area contributed by atoms with Crippen LogP contribution in [0.25, 0.3) is 0 Å². The molecule has 0 aliphatic heterocycles. The van der Waals surface area contributed by atoms with E-state index in [4.69, 9.17) is 9.84 Å². The van der Waals surface area contributed by atoms with E-state index in [-0.39, 0.29) is 17.9 Å². The van der Waals surface area contributed by atoms with E-state index in [2.05, 4.69) is 16.7 Å². The van der Waals surface area contributed by atoms with Crippen LogP contribution in [0.2, 0.25) is 0 Å². The normalized spacial score (nSPS) is 18.6. The highest BCUT2D eigenvalue weighted by molar-refractivity contribution is 5.94. The van der Waals surface area contributed by atoms with E-state index in [0.717, 1.165) is 29.7 Å². The topological polar surface area (TPSA) is 111 Å². The minimum Gasteiger partial charge on any atom is -0.496 e. The van der Waals surface area contributed by atoms with E-state index < -0.39 is 5.97 Å². The Morgan fingerprint density at radius 2 is 1.91 bits per heavy atom. The zero-order valence-corrected chi connectivity index (χ0v) is 19.4. The second-order valence-electron chi connectivity index (χ2n) is 8.73. The summed E-state index contributed by atoms with van der Waals surface area (Å²) in [5, 5.41) is 24.8. The molecule has 0 heterocycles. The molecule has 1 amide bonds. The Balaban J connectivity index is 1.60. The maximum atomic E-state index is 12.6. The van der Waals surface area contributed by atoms with Crippen LogP contribution in [0, 0.1) is 30.1 Å². The Labute approximate surface area is 194 Å². The molecule has 0 radical (unpaired) electrons. The molecule has 7 heteroatoms. The number of carboxylic acids is 1. The third kappa shape index (κ3) is 6.04. The number of aryl methyl sites for hydroxylation is 1. The van der Waals surface area contributed by atoms with Gasteiger partial charge in [0.05, 0.1) is 30.7 Å². The maximum absolute atomic E-state index is 12.6. The molecule has 0 saturated heterocycles. The van der Waals surface area contributed by atoms with E-state index in [1.165, 1.54) is 0 Å². The predicted molar refractivity (Wildman–Crippen MR) is 126 cm³/mol. The van der Waals surface area contributed by atoms with Crippen LogP contribution >= 0.6 is 0 Å².